The highest BCUT2D eigenvalue weighted by Gasteiger charge is 2.16. The molecule has 0 amide bonds. The average Bonchev–Trinajstić information content (AvgIpc) is 2.49. The fraction of sp³-hybridized carbons (Fsp3) is 0.692. The Labute approximate surface area is 97.2 Å². The molecule has 1 aromatic heterocycles. The van der Waals surface area contributed by atoms with Gasteiger partial charge < -0.3 is 4.52 Å². The van der Waals surface area contributed by atoms with Gasteiger partial charge in [0.05, 0.1) is 12.1 Å². The van der Waals surface area contributed by atoms with Crippen LogP contribution in [-0.4, -0.2) is 10.9 Å². The third-order valence-corrected chi connectivity index (χ3v) is 2.31. The maximum Gasteiger partial charge on any atom is 0.144 e. The minimum Gasteiger partial charge on any atom is -0.361 e. The largest absolute Gasteiger partial charge is 0.361 e. The van der Waals surface area contributed by atoms with Gasteiger partial charge in [0.2, 0.25) is 0 Å². The summed E-state index contributed by atoms with van der Waals surface area (Å²) in [6.45, 7) is 10.3. The molecule has 16 heavy (non-hydrogen) atoms. The minimum atomic E-state index is 0.0520. The lowest BCUT2D eigenvalue weighted by Crippen LogP contribution is -2.10. The Morgan fingerprint density at radius 2 is 2.06 bits per heavy atom. The third-order valence-electron chi connectivity index (χ3n) is 2.31. The number of hydrogen-bond acceptors (Lipinski definition) is 3. The van der Waals surface area contributed by atoms with E-state index in [2.05, 4.69) is 25.9 Å². The summed E-state index contributed by atoms with van der Waals surface area (Å²) < 4.78 is 5.16. The van der Waals surface area contributed by atoms with Gasteiger partial charge in [-0.2, -0.15) is 0 Å². The number of hydrogen-bond donors (Lipinski definition) is 0. The van der Waals surface area contributed by atoms with Gasteiger partial charge in [-0.3, -0.25) is 4.79 Å². The summed E-state index contributed by atoms with van der Waals surface area (Å²) in [6, 6.07) is 1.89. The Kier molecular flexibility index (Phi) is 3.89. The van der Waals surface area contributed by atoms with Crippen molar-refractivity contribution < 1.29 is 9.32 Å². The van der Waals surface area contributed by atoms with Crippen LogP contribution >= 0.6 is 0 Å². The first-order valence-corrected chi connectivity index (χ1v) is 5.75. The summed E-state index contributed by atoms with van der Waals surface area (Å²) in [5.41, 5.74) is 1.12. The van der Waals surface area contributed by atoms with E-state index in [9.17, 15) is 4.79 Å². The van der Waals surface area contributed by atoms with Crippen LogP contribution in [-0.2, 0) is 17.6 Å². The van der Waals surface area contributed by atoms with Crippen molar-refractivity contribution in [1.29, 1.82) is 0 Å². The molecule has 0 spiro atoms. The minimum absolute atomic E-state index is 0.0520. The molecule has 1 aromatic rings. The van der Waals surface area contributed by atoms with Gasteiger partial charge in [-0.15, -0.1) is 0 Å². The van der Waals surface area contributed by atoms with Gasteiger partial charge in [0.15, 0.2) is 0 Å². The molecule has 1 rings (SSSR count). The molecule has 3 heteroatoms. The molecule has 0 unspecified atom stereocenters. The van der Waals surface area contributed by atoms with Crippen LogP contribution in [0.5, 0.6) is 0 Å². The molecular weight excluding hydrogens is 202 g/mol. The Morgan fingerprint density at radius 3 is 2.56 bits per heavy atom. The summed E-state index contributed by atoms with van der Waals surface area (Å²) in [4.78, 5) is 11.5. The zero-order valence-corrected chi connectivity index (χ0v) is 10.8. The molecule has 3 nitrogen and oxygen atoms in total. The van der Waals surface area contributed by atoms with Crippen molar-refractivity contribution in [3.8, 4) is 0 Å². The Morgan fingerprint density at radius 1 is 1.44 bits per heavy atom. The summed E-state index contributed by atoms with van der Waals surface area (Å²) in [5.74, 6) is 0.924. The van der Waals surface area contributed by atoms with Crippen molar-refractivity contribution >= 4 is 5.78 Å². The maximum atomic E-state index is 11.5. The molecule has 0 radical (unpaired) electrons. The van der Waals surface area contributed by atoms with Crippen LogP contribution in [0, 0.1) is 11.3 Å². The van der Waals surface area contributed by atoms with Crippen molar-refractivity contribution in [2.24, 2.45) is 11.3 Å². The molecule has 0 aromatic carbocycles. The van der Waals surface area contributed by atoms with E-state index >= 15 is 0 Å². The summed E-state index contributed by atoms with van der Waals surface area (Å²) in [7, 11) is 0. The second-order valence-electron chi connectivity index (χ2n) is 5.82. The number of Topliss-reactive ketones (excluding diaryl/α,β-unsaturated/α-hetero) is 1. The standard InChI is InChI=1S/C13H21NO2/c1-9(2)12(15)7-11-6-10(14-16-11)8-13(3,4)5/h6,9H,7-8H2,1-5H3. The molecular formula is C13H21NO2. The van der Waals surface area contributed by atoms with E-state index in [0.29, 0.717) is 12.2 Å². The lowest BCUT2D eigenvalue weighted by atomic mass is 9.90. The Balaban J connectivity index is 2.62. The fourth-order valence-corrected chi connectivity index (χ4v) is 1.44. The van der Waals surface area contributed by atoms with E-state index in [1.54, 1.807) is 0 Å². The highest BCUT2D eigenvalue weighted by Crippen LogP contribution is 2.20. The van der Waals surface area contributed by atoms with Crippen LogP contribution < -0.4 is 0 Å². The number of nitrogens with zero attached hydrogens (tertiary/aromatic N) is 1. The van der Waals surface area contributed by atoms with E-state index in [0.717, 1.165) is 12.1 Å². The first-order valence-electron chi connectivity index (χ1n) is 5.75. The average molecular weight is 223 g/mol. The van der Waals surface area contributed by atoms with Gasteiger partial charge >= 0.3 is 0 Å². The number of ketones is 1. The van der Waals surface area contributed by atoms with Crippen molar-refractivity contribution in [2.75, 3.05) is 0 Å². The van der Waals surface area contributed by atoms with Crippen molar-refractivity contribution in [1.82, 2.24) is 5.16 Å². The first kappa shape index (κ1) is 12.9. The zero-order valence-electron chi connectivity index (χ0n) is 10.8. The quantitative estimate of drug-likeness (QED) is 0.788. The van der Waals surface area contributed by atoms with E-state index in [1.165, 1.54) is 0 Å². The van der Waals surface area contributed by atoms with Crippen LogP contribution in [0.1, 0.15) is 46.1 Å². The van der Waals surface area contributed by atoms with Gasteiger partial charge in [0.1, 0.15) is 11.5 Å². The topological polar surface area (TPSA) is 43.1 Å². The number of carbonyl (C=O) groups is 1. The second-order valence-corrected chi connectivity index (χ2v) is 5.82. The summed E-state index contributed by atoms with van der Waals surface area (Å²) in [5, 5.41) is 3.99. The SMILES string of the molecule is CC(C)C(=O)Cc1cc(CC(C)(C)C)no1. The van der Waals surface area contributed by atoms with Gasteiger partial charge in [0, 0.05) is 12.0 Å². The molecule has 0 aliphatic carbocycles. The zero-order chi connectivity index (χ0) is 12.3. The van der Waals surface area contributed by atoms with Crippen LogP contribution in [0.25, 0.3) is 0 Å². The van der Waals surface area contributed by atoms with Gasteiger partial charge in [-0.25, -0.2) is 0 Å². The summed E-state index contributed by atoms with van der Waals surface area (Å²) >= 11 is 0. The van der Waals surface area contributed by atoms with Crippen LogP contribution in [0.3, 0.4) is 0 Å². The molecule has 0 aliphatic rings. The number of carbonyl (C=O) groups excluding carboxylic acids is 1. The fourth-order valence-electron chi connectivity index (χ4n) is 1.44. The first-order chi connectivity index (χ1) is 7.28. The molecule has 0 N–H and O–H groups in total. The Hall–Kier alpha value is -1.12. The van der Waals surface area contributed by atoms with Gasteiger partial charge in [0.25, 0.3) is 0 Å². The Bertz CT molecular complexity index is 358. The smallest absolute Gasteiger partial charge is 0.144 e. The van der Waals surface area contributed by atoms with Gasteiger partial charge in [-0.05, 0) is 11.8 Å². The number of rotatable bonds is 4. The predicted molar refractivity (Wildman–Crippen MR) is 63.2 cm³/mol. The molecule has 0 fully saturated rings. The van der Waals surface area contributed by atoms with E-state index in [4.69, 9.17) is 4.52 Å². The van der Waals surface area contributed by atoms with E-state index < -0.39 is 0 Å². The van der Waals surface area contributed by atoms with E-state index in [1.807, 2.05) is 19.9 Å². The lowest BCUT2D eigenvalue weighted by molar-refractivity contribution is -0.121. The summed E-state index contributed by atoms with van der Waals surface area (Å²) in [6.07, 6.45) is 1.22. The number of aromatic nitrogens is 1. The molecule has 0 saturated carbocycles. The van der Waals surface area contributed by atoms with Crippen LogP contribution in [0.4, 0.5) is 0 Å². The maximum absolute atomic E-state index is 11.5. The van der Waals surface area contributed by atoms with Crippen molar-refractivity contribution in [3.05, 3.63) is 17.5 Å². The lowest BCUT2D eigenvalue weighted by Gasteiger charge is -2.14. The highest BCUT2D eigenvalue weighted by molar-refractivity contribution is 5.82. The molecule has 0 bridgehead atoms. The molecule has 1 heterocycles. The molecule has 90 valence electrons. The van der Waals surface area contributed by atoms with Crippen LogP contribution in [0.2, 0.25) is 0 Å². The van der Waals surface area contributed by atoms with Crippen molar-refractivity contribution in [3.63, 3.8) is 0 Å². The van der Waals surface area contributed by atoms with Crippen molar-refractivity contribution in [2.45, 2.75) is 47.5 Å². The monoisotopic (exact) mass is 223 g/mol. The predicted octanol–water partition coefficient (Wildman–Crippen LogP) is 3.03. The third kappa shape index (κ3) is 4.17. The highest BCUT2D eigenvalue weighted by atomic mass is 16.5. The molecule has 0 saturated heterocycles. The second kappa shape index (κ2) is 4.81. The van der Waals surface area contributed by atoms with Gasteiger partial charge in [-0.1, -0.05) is 39.8 Å². The van der Waals surface area contributed by atoms with Crippen LogP contribution in [0.15, 0.2) is 10.6 Å². The molecule has 0 atom stereocenters. The normalized spacial score (nSPS) is 12.1. The molecule has 0 aliphatic heterocycles. The van der Waals surface area contributed by atoms with E-state index in [-0.39, 0.29) is 17.1 Å².